The minimum atomic E-state index is -0.377. The summed E-state index contributed by atoms with van der Waals surface area (Å²) in [6.07, 6.45) is 2.83. The molecule has 0 saturated carbocycles. The second-order valence-corrected chi connectivity index (χ2v) is 5.89. The summed E-state index contributed by atoms with van der Waals surface area (Å²) < 4.78 is 0. The Hall–Kier alpha value is -2.11. The van der Waals surface area contributed by atoms with E-state index < -0.39 is 0 Å². The molecule has 1 aromatic rings. The Labute approximate surface area is 130 Å². The molecule has 22 heavy (non-hydrogen) atoms. The van der Waals surface area contributed by atoms with E-state index in [0.29, 0.717) is 23.6 Å². The average Bonchev–Trinajstić information content (AvgIpc) is 2.52. The molecular formula is C16H23N3O3. The minimum absolute atomic E-state index is 0.0498. The maximum absolute atomic E-state index is 12.2. The van der Waals surface area contributed by atoms with Gasteiger partial charge in [0.2, 0.25) is 5.91 Å². The second-order valence-electron chi connectivity index (χ2n) is 5.89. The van der Waals surface area contributed by atoms with Gasteiger partial charge in [-0.25, -0.2) is 0 Å². The van der Waals surface area contributed by atoms with Crippen LogP contribution in [0.1, 0.15) is 32.3 Å². The molecule has 6 heteroatoms. The number of hydrogen-bond donors (Lipinski definition) is 1. The number of benzene rings is 1. The lowest BCUT2D eigenvalue weighted by molar-refractivity contribution is -0.385. The summed E-state index contributed by atoms with van der Waals surface area (Å²) in [6.45, 7) is 5.82. The van der Waals surface area contributed by atoms with Crippen LogP contribution in [-0.4, -0.2) is 35.4 Å². The fourth-order valence-corrected chi connectivity index (χ4v) is 2.85. The van der Waals surface area contributed by atoms with Gasteiger partial charge in [-0.1, -0.05) is 19.9 Å². The van der Waals surface area contributed by atoms with Crippen molar-refractivity contribution in [1.82, 2.24) is 4.90 Å². The molecule has 120 valence electrons. The van der Waals surface area contributed by atoms with Crippen LogP contribution in [0.25, 0.3) is 0 Å². The lowest BCUT2D eigenvalue weighted by Crippen LogP contribution is -2.41. The molecule has 1 aliphatic heterocycles. The zero-order valence-electron chi connectivity index (χ0n) is 13.2. The zero-order chi connectivity index (χ0) is 16.1. The smallest absolute Gasteiger partial charge is 0.274 e. The first-order valence-electron chi connectivity index (χ1n) is 7.80. The van der Waals surface area contributed by atoms with Gasteiger partial charge in [-0.05, 0) is 31.2 Å². The Bertz CT molecular complexity index is 560. The van der Waals surface area contributed by atoms with Crippen LogP contribution < -0.4 is 5.32 Å². The fourth-order valence-electron chi connectivity index (χ4n) is 2.85. The monoisotopic (exact) mass is 305 g/mol. The Morgan fingerprint density at radius 1 is 1.50 bits per heavy atom. The van der Waals surface area contributed by atoms with Gasteiger partial charge in [0.05, 0.1) is 11.5 Å². The molecule has 0 aromatic heterocycles. The van der Waals surface area contributed by atoms with Crippen molar-refractivity contribution in [3.05, 3.63) is 33.9 Å². The lowest BCUT2D eigenvalue weighted by atomic mass is 10.0. The van der Waals surface area contributed by atoms with Gasteiger partial charge in [0.15, 0.2) is 0 Å². The number of likely N-dealkylation sites (tertiary alicyclic amines) is 1. The molecule has 1 aromatic carbocycles. The van der Waals surface area contributed by atoms with Crippen molar-refractivity contribution < 1.29 is 9.72 Å². The average molecular weight is 305 g/mol. The quantitative estimate of drug-likeness (QED) is 0.670. The Balaban J connectivity index is 1.97. The topological polar surface area (TPSA) is 75.5 Å². The molecule has 6 nitrogen and oxygen atoms in total. The largest absolute Gasteiger partial charge is 0.376 e. The molecular weight excluding hydrogens is 282 g/mol. The highest BCUT2D eigenvalue weighted by Crippen LogP contribution is 2.23. The first kappa shape index (κ1) is 16.3. The van der Waals surface area contributed by atoms with E-state index >= 15 is 0 Å². The second kappa shape index (κ2) is 7.24. The van der Waals surface area contributed by atoms with E-state index in [0.717, 1.165) is 19.5 Å². The van der Waals surface area contributed by atoms with Gasteiger partial charge < -0.3 is 10.2 Å². The maximum Gasteiger partial charge on any atom is 0.274 e. The molecule has 1 atom stereocenters. The normalized spacial score (nSPS) is 18.1. The van der Waals surface area contributed by atoms with E-state index in [9.17, 15) is 14.9 Å². The molecule has 0 aliphatic carbocycles. The van der Waals surface area contributed by atoms with Crippen LogP contribution in [0.15, 0.2) is 18.2 Å². The van der Waals surface area contributed by atoms with Gasteiger partial charge in [-0.2, -0.15) is 0 Å². The Morgan fingerprint density at radius 2 is 2.27 bits per heavy atom. The van der Waals surface area contributed by atoms with Crippen LogP contribution in [0.5, 0.6) is 0 Å². The highest BCUT2D eigenvalue weighted by Gasteiger charge is 2.20. The van der Waals surface area contributed by atoms with Crippen molar-refractivity contribution in [2.45, 2.75) is 33.1 Å². The van der Waals surface area contributed by atoms with Gasteiger partial charge in [0.1, 0.15) is 0 Å². The summed E-state index contributed by atoms with van der Waals surface area (Å²) in [5, 5.41) is 14.1. The van der Waals surface area contributed by atoms with Crippen LogP contribution in [0.4, 0.5) is 11.4 Å². The molecule has 1 N–H and O–H groups in total. The lowest BCUT2D eigenvalue weighted by Gasteiger charge is -2.31. The molecule has 1 unspecified atom stereocenters. The number of nitro benzene ring substituents is 1. The summed E-state index contributed by atoms with van der Waals surface area (Å²) in [4.78, 5) is 24.7. The van der Waals surface area contributed by atoms with E-state index in [4.69, 9.17) is 0 Å². The number of piperidine rings is 1. The van der Waals surface area contributed by atoms with Crippen LogP contribution >= 0.6 is 0 Å². The minimum Gasteiger partial charge on any atom is -0.376 e. The Kier molecular flexibility index (Phi) is 5.35. The van der Waals surface area contributed by atoms with Gasteiger partial charge in [-0.15, -0.1) is 0 Å². The van der Waals surface area contributed by atoms with E-state index in [1.807, 2.05) is 11.8 Å². The SMILES string of the molecule is CCc1ccc(NCC(=O)N2CCCC(C)C2)cc1[N+](=O)[O-]. The van der Waals surface area contributed by atoms with Crippen molar-refractivity contribution >= 4 is 17.3 Å². The third-order valence-corrected chi connectivity index (χ3v) is 4.12. The number of rotatable bonds is 5. The van der Waals surface area contributed by atoms with Crippen LogP contribution in [0.3, 0.4) is 0 Å². The van der Waals surface area contributed by atoms with Crippen molar-refractivity contribution in [2.75, 3.05) is 25.0 Å². The molecule has 0 bridgehead atoms. The summed E-state index contributed by atoms with van der Waals surface area (Å²) in [7, 11) is 0. The summed E-state index contributed by atoms with van der Waals surface area (Å²) in [5.74, 6) is 0.594. The fraction of sp³-hybridized carbons (Fsp3) is 0.562. The number of carbonyl (C=O) groups is 1. The molecule has 1 heterocycles. The third-order valence-electron chi connectivity index (χ3n) is 4.12. The van der Waals surface area contributed by atoms with Crippen molar-refractivity contribution in [1.29, 1.82) is 0 Å². The molecule has 0 radical (unpaired) electrons. The molecule has 0 spiro atoms. The standard InChI is InChI=1S/C16H23N3O3/c1-3-13-6-7-14(9-15(13)19(21)22)17-10-16(20)18-8-4-5-12(2)11-18/h6-7,9,12,17H,3-5,8,10-11H2,1-2H3. The maximum atomic E-state index is 12.2. The van der Waals surface area contributed by atoms with Crippen molar-refractivity contribution in [2.24, 2.45) is 5.92 Å². The zero-order valence-corrected chi connectivity index (χ0v) is 13.2. The van der Waals surface area contributed by atoms with E-state index in [-0.39, 0.29) is 23.1 Å². The van der Waals surface area contributed by atoms with E-state index in [1.165, 1.54) is 12.5 Å². The molecule has 1 fully saturated rings. The molecule has 2 rings (SSSR count). The predicted molar refractivity (Wildman–Crippen MR) is 85.9 cm³/mol. The van der Waals surface area contributed by atoms with Crippen LogP contribution in [-0.2, 0) is 11.2 Å². The van der Waals surface area contributed by atoms with Crippen LogP contribution in [0.2, 0.25) is 0 Å². The van der Waals surface area contributed by atoms with Crippen LogP contribution in [0, 0.1) is 16.0 Å². The van der Waals surface area contributed by atoms with Gasteiger partial charge in [-0.3, -0.25) is 14.9 Å². The summed E-state index contributed by atoms with van der Waals surface area (Å²) in [6, 6.07) is 5.04. The summed E-state index contributed by atoms with van der Waals surface area (Å²) >= 11 is 0. The highest BCUT2D eigenvalue weighted by atomic mass is 16.6. The van der Waals surface area contributed by atoms with Gasteiger partial charge in [0.25, 0.3) is 5.69 Å². The number of hydrogen-bond acceptors (Lipinski definition) is 4. The van der Waals surface area contributed by atoms with Gasteiger partial charge in [0, 0.05) is 30.4 Å². The first-order chi connectivity index (χ1) is 10.5. The molecule has 1 saturated heterocycles. The van der Waals surface area contributed by atoms with E-state index in [2.05, 4.69) is 12.2 Å². The highest BCUT2D eigenvalue weighted by molar-refractivity contribution is 5.81. The predicted octanol–water partition coefficient (Wildman–Crippen LogP) is 2.83. The number of nitrogens with one attached hydrogen (secondary N) is 1. The molecule has 1 aliphatic rings. The Morgan fingerprint density at radius 3 is 2.91 bits per heavy atom. The number of aryl methyl sites for hydroxylation is 1. The summed E-state index contributed by atoms with van der Waals surface area (Å²) in [5.41, 5.74) is 1.42. The van der Waals surface area contributed by atoms with Gasteiger partial charge >= 0.3 is 0 Å². The van der Waals surface area contributed by atoms with Crippen molar-refractivity contribution in [3.63, 3.8) is 0 Å². The number of nitro groups is 1. The number of amides is 1. The number of nitrogens with zero attached hydrogens (tertiary/aromatic N) is 2. The molecule has 1 amide bonds. The van der Waals surface area contributed by atoms with Crippen molar-refractivity contribution in [3.8, 4) is 0 Å². The number of anilines is 1. The first-order valence-corrected chi connectivity index (χ1v) is 7.80. The third kappa shape index (κ3) is 3.96. The van der Waals surface area contributed by atoms with E-state index in [1.54, 1.807) is 12.1 Å². The number of carbonyl (C=O) groups excluding carboxylic acids is 1.